The lowest BCUT2D eigenvalue weighted by Crippen LogP contribution is -2.42. The molecule has 19 heavy (non-hydrogen) atoms. The van der Waals surface area contributed by atoms with Crippen LogP contribution >= 0.6 is 23.2 Å². The number of amides is 1. The van der Waals surface area contributed by atoms with E-state index in [0.29, 0.717) is 22.4 Å². The van der Waals surface area contributed by atoms with E-state index in [1.54, 1.807) is 6.07 Å². The molecule has 1 aromatic carbocycles. The highest BCUT2D eigenvalue weighted by Gasteiger charge is 2.26. The van der Waals surface area contributed by atoms with Crippen LogP contribution < -0.4 is 5.32 Å². The molecule has 0 radical (unpaired) electrons. The van der Waals surface area contributed by atoms with Crippen LogP contribution in [0, 0.1) is 12.8 Å². The van der Waals surface area contributed by atoms with Crippen molar-refractivity contribution in [3.63, 3.8) is 0 Å². The first-order valence-corrected chi connectivity index (χ1v) is 7.66. The maximum absolute atomic E-state index is 12.3. The van der Waals surface area contributed by atoms with Gasteiger partial charge in [0, 0.05) is 11.9 Å². The van der Waals surface area contributed by atoms with E-state index in [0.717, 1.165) is 24.8 Å². The van der Waals surface area contributed by atoms with Crippen molar-refractivity contribution < 1.29 is 4.79 Å². The lowest BCUT2D eigenvalue weighted by Gasteiger charge is -2.30. The van der Waals surface area contributed by atoms with E-state index in [1.807, 2.05) is 19.1 Å². The van der Waals surface area contributed by atoms with Gasteiger partial charge in [-0.15, -0.1) is 11.6 Å². The summed E-state index contributed by atoms with van der Waals surface area (Å²) in [6.07, 6.45) is 4.46. The van der Waals surface area contributed by atoms with Gasteiger partial charge in [0.05, 0.1) is 10.6 Å². The van der Waals surface area contributed by atoms with Crippen LogP contribution in [-0.2, 0) is 0 Å². The van der Waals surface area contributed by atoms with Gasteiger partial charge in [-0.3, -0.25) is 4.79 Å². The van der Waals surface area contributed by atoms with Crippen molar-refractivity contribution in [2.45, 2.75) is 38.6 Å². The third-order valence-corrected chi connectivity index (χ3v) is 4.50. The summed E-state index contributed by atoms with van der Waals surface area (Å²) in [6.45, 7) is 1.96. The van der Waals surface area contributed by atoms with Crippen LogP contribution in [0.15, 0.2) is 18.2 Å². The number of carbonyl (C=O) groups is 1. The highest BCUT2D eigenvalue weighted by molar-refractivity contribution is 6.33. The largest absolute Gasteiger partial charge is 0.349 e. The molecular weight excluding hydrogens is 281 g/mol. The molecule has 2 unspecified atom stereocenters. The van der Waals surface area contributed by atoms with E-state index in [1.165, 1.54) is 6.42 Å². The fraction of sp³-hybridized carbons (Fsp3) is 0.533. The lowest BCUT2D eigenvalue weighted by atomic mass is 9.85. The standard InChI is InChI=1S/C15H19Cl2NO/c1-10-6-7-12(13(17)8-10)15(19)18-14-5-3-2-4-11(14)9-16/h6-8,11,14H,2-5,9H2,1H3,(H,18,19). The molecule has 0 saturated heterocycles. The Balaban J connectivity index is 2.07. The van der Waals surface area contributed by atoms with Crippen LogP contribution in [-0.4, -0.2) is 17.8 Å². The smallest absolute Gasteiger partial charge is 0.253 e. The first kappa shape index (κ1) is 14.7. The number of benzene rings is 1. The molecule has 0 bridgehead atoms. The topological polar surface area (TPSA) is 29.1 Å². The Morgan fingerprint density at radius 3 is 2.79 bits per heavy atom. The molecule has 2 atom stereocenters. The third-order valence-electron chi connectivity index (χ3n) is 3.79. The summed E-state index contributed by atoms with van der Waals surface area (Å²) in [5.74, 6) is 0.891. The number of aryl methyl sites for hydroxylation is 1. The highest BCUT2D eigenvalue weighted by Crippen LogP contribution is 2.26. The van der Waals surface area contributed by atoms with E-state index in [4.69, 9.17) is 23.2 Å². The van der Waals surface area contributed by atoms with Crippen LogP contribution in [0.3, 0.4) is 0 Å². The number of rotatable bonds is 3. The maximum Gasteiger partial charge on any atom is 0.253 e. The average molecular weight is 300 g/mol. The molecule has 1 aliphatic rings. The van der Waals surface area contributed by atoms with Crippen LogP contribution in [0.1, 0.15) is 41.6 Å². The Morgan fingerprint density at radius 1 is 1.37 bits per heavy atom. The second-order valence-electron chi connectivity index (χ2n) is 5.26. The second kappa shape index (κ2) is 6.62. The number of hydrogen-bond acceptors (Lipinski definition) is 1. The first-order chi connectivity index (χ1) is 9.11. The highest BCUT2D eigenvalue weighted by atomic mass is 35.5. The Hall–Kier alpha value is -0.730. The van der Waals surface area contributed by atoms with E-state index < -0.39 is 0 Å². The van der Waals surface area contributed by atoms with Gasteiger partial charge in [-0.05, 0) is 43.4 Å². The summed E-state index contributed by atoms with van der Waals surface area (Å²) in [6, 6.07) is 5.68. The molecule has 104 valence electrons. The van der Waals surface area contributed by atoms with E-state index in [-0.39, 0.29) is 11.9 Å². The predicted molar refractivity (Wildman–Crippen MR) is 80.1 cm³/mol. The monoisotopic (exact) mass is 299 g/mol. The summed E-state index contributed by atoms with van der Waals surface area (Å²) < 4.78 is 0. The molecule has 4 heteroatoms. The molecule has 1 N–H and O–H groups in total. The molecule has 1 aromatic rings. The number of nitrogens with one attached hydrogen (secondary N) is 1. The van der Waals surface area contributed by atoms with Crippen molar-refractivity contribution in [1.29, 1.82) is 0 Å². The van der Waals surface area contributed by atoms with E-state index >= 15 is 0 Å². The molecule has 0 spiro atoms. The zero-order chi connectivity index (χ0) is 13.8. The average Bonchev–Trinajstić information content (AvgIpc) is 2.39. The van der Waals surface area contributed by atoms with Crippen molar-refractivity contribution >= 4 is 29.1 Å². The molecule has 1 amide bonds. The fourth-order valence-corrected chi connectivity index (χ4v) is 3.32. The predicted octanol–water partition coefficient (Wildman–Crippen LogP) is 4.18. The van der Waals surface area contributed by atoms with Gasteiger partial charge in [-0.2, -0.15) is 0 Å². The Labute approximate surface area is 124 Å². The van der Waals surface area contributed by atoms with Gasteiger partial charge in [-0.25, -0.2) is 0 Å². The minimum atomic E-state index is -0.0907. The minimum absolute atomic E-state index is 0.0907. The zero-order valence-corrected chi connectivity index (χ0v) is 12.6. The lowest BCUT2D eigenvalue weighted by molar-refractivity contribution is 0.0911. The summed E-state index contributed by atoms with van der Waals surface area (Å²) in [4.78, 5) is 12.3. The van der Waals surface area contributed by atoms with E-state index in [2.05, 4.69) is 5.32 Å². The van der Waals surface area contributed by atoms with Crippen molar-refractivity contribution in [3.8, 4) is 0 Å². The van der Waals surface area contributed by atoms with Crippen LogP contribution in [0.2, 0.25) is 5.02 Å². The molecule has 0 aliphatic heterocycles. The molecule has 2 nitrogen and oxygen atoms in total. The number of halogens is 2. The van der Waals surface area contributed by atoms with Gasteiger partial charge >= 0.3 is 0 Å². The van der Waals surface area contributed by atoms with Crippen LogP contribution in [0.5, 0.6) is 0 Å². The minimum Gasteiger partial charge on any atom is -0.349 e. The van der Waals surface area contributed by atoms with E-state index in [9.17, 15) is 4.79 Å². The van der Waals surface area contributed by atoms with Crippen molar-refractivity contribution in [3.05, 3.63) is 34.3 Å². The van der Waals surface area contributed by atoms with Crippen molar-refractivity contribution in [2.75, 3.05) is 5.88 Å². The number of hydrogen-bond donors (Lipinski definition) is 1. The van der Waals surface area contributed by atoms with Gasteiger partial charge in [0.1, 0.15) is 0 Å². The van der Waals surface area contributed by atoms with Crippen LogP contribution in [0.25, 0.3) is 0 Å². The second-order valence-corrected chi connectivity index (χ2v) is 5.98. The van der Waals surface area contributed by atoms with Gasteiger partial charge in [-0.1, -0.05) is 30.5 Å². The summed E-state index contributed by atoms with van der Waals surface area (Å²) in [5.41, 5.74) is 1.60. The molecule has 1 fully saturated rings. The molecule has 0 heterocycles. The molecular formula is C15H19Cl2NO. The first-order valence-electron chi connectivity index (χ1n) is 6.75. The maximum atomic E-state index is 12.3. The third kappa shape index (κ3) is 3.64. The summed E-state index contributed by atoms with van der Waals surface area (Å²) in [7, 11) is 0. The van der Waals surface area contributed by atoms with Crippen molar-refractivity contribution in [1.82, 2.24) is 5.32 Å². The van der Waals surface area contributed by atoms with Crippen LogP contribution in [0.4, 0.5) is 0 Å². The van der Waals surface area contributed by atoms with Gasteiger partial charge in [0.25, 0.3) is 5.91 Å². The number of carbonyl (C=O) groups excluding carboxylic acids is 1. The fourth-order valence-electron chi connectivity index (χ4n) is 2.63. The molecule has 1 aliphatic carbocycles. The Bertz CT molecular complexity index is 461. The summed E-state index contributed by atoms with van der Waals surface area (Å²) in [5, 5.41) is 3.60. The van der Waals surface area contributed by atoms with Gasteiger partial charge in [0.2, 0.25) is 0 Å². The summed E-state index contributed by atoms with van der Waals surface area (Å²) >= 11 is 12.1. The van der Waals surface area contributed by atoms with Gasteiger partial charge in [0.15, 0.2) is 0 Å². The van der Waals surface area contributed by atoms with Gasteiger partial charge < -0.3 is 5.32 Å². The quantitative estimate of drug-likeness (QED) is 0.834. The molecule has 0 aromatic heterocycles. The van der Waals surface area contributed by atoms with Crippen molar-refractivity contribution in [2.24, 2.45) is 5.92 Å². The zero-order valence-electron chi connectivity index (χ0n) is 11.1. The molecule has 1 saturated carbocycles. The Kier molecular flexibility index (Phi) is 5.12. The SMILES string of the molecule is Cc1ccc(C(=O)NC2CCCCC2CCl)c(Cl)c1. The number of alkyl halides is 1. The Morgan fingerprint density at radius 2 is 2.11 bits per heavy atom. The normalized spacial score (nSPS) is 23.1. The molecule has 2 rings (SSSR count).